The Morgan fingerprint density at radius 1 is 1.46 bits per heavy atom. The van der Waals surface area contributed by atoms with Crippen molar-refractivity contribution in [3.63, 3.8) is 0 Å². The molecule has 3 heteroatoms. The molecule has 0 amide bonds. The van der Waals surface area contributed by atoms with Gasteiger partial charge in [-0.2, -0.15) is 0 Å². The Bertz CT molecular complexity index is 245. The molecule has 1 aromatic heterocycles. The summed E-state index contributed by atoms with van der Waals surface area (Å²) in [4.78, 5) is 2.11. The fraction of sp³-hybridized carbons (Fsp3) is 0.600. The van der Waals surface area contributed by atoms with Crippen LogP contribution in [0.5, 0.6) is 0 Å². The van der Waals surface area contributed by atoms with Crippen LogP contribution in [0.4, 0.5) is 0 Å². The molecule has 0 saturated carbocycles. The maximum Gasteiger partial charge on any atom is 0.105 e. The monoisotopic (exact) mass is 183 g/mol. The fourth-order valence-corrected chi connectivity index (χ4v) is 1.21. The molecule has 0 saturated heterocycles. The summed E-state index contributed by atoms with van der Waals surface area (Å²) < 4.78 is 10.4. The van der Waals surface area contributed by atoms with Gasteiger partial charge in [0.25, 0.3) is 0 Å². The second-order valence-electron chi connectivity index (χ2n) is 3.26. The molecule has 0 aromatic carbocycles. The van der Waals surface area contributed by atoms with E-state index in [-0.39, 0.29) is 0 Å². The minimum absolute atomic E-state index is 0.666. The first-order valence-electron chi connectivity index (χ1n) is 4.45. The van der Waals surface area contributed by atoms with E-state index in [1.807, 2.05) is 26.1 Å². The molecule has 1 rings (SSSR count). The van der Waals surface area contributed by atoms with Gasteiger partial charge in [0.05, 0.1) is 6.73 Å². The first-order valence-corrected chi connectivity index (χ1v) is 4.45. The minimum Gasteiger partial charge on any atom is -0.466 e. The van der Waals surface area contributed by atoms with Crippen LogP contribution in [0.15, 0.2) is 16.5 Å². The molecule has 0 spiro atoms. The normalized spacial score (nSPS) is 11.1. The minimum atomic E-state index is 0.666. The van der Waals surface area contributed by atoms with Gasteiger partial charge in [0.2, 0.25) is 0 Å². The average molecular weight is 183 g/mol. The van der Waals surface area contributed by atoms with E-state index in [1.54, 1.807) is 7.11 Å². The molecule has 0 fully saturated rings. The van der Waals surface area contributed by atoms with Gasteiger partial charge in [-0.15, -0.1) is 0 Å². The zero-order valence-corrected chi connectivity index (χ0v) is 8.54. The molecular formula is C10H17NO2. The fourth-order valence-electron chi connectivity index (χ4n) is 1.21. The zero-order valence-electron chi connectivity index (χ0n) is 8.54. The van der Waals surface area contributed by atoms with E-state index in [0.29, 0.717) is 6.73 Å². The third kappa shape index (κ3) is 3.61. The van der Waals surface area contributed by atoms with Crippen LogP contribution in [0.25, 0.3) is 0 Å². The van der Waals surface area contributed by atoms with E-state index in [2.05, 4.69) is 4.90 Å². The van der Waals surface area contributed by atoms with Crippen LogP contribution < -0.4 is 0 Å². The van der Waals surface area contributed by atoms with Crippen molar-refractivity contribution in [2.75, 3.05) is 27.4 Å². The van der Waals surface area contributed by atoms with Gasteiger partial charge in [0.15, 0.2) is 0 Å². The van der Waals surface area contributed by atoms with Gasteiger partial charge in [0.1, 0.15) is 11.5 Å². The topological polar surface area (TPSA) is 25.6 Å². The van der Waals surface area contributed by atoms with Crippen LogP contribution in [0.2, 0.25) is 0 Å². The van der Waals surface area contributed by atoms with Gasteiger partial charge in [-0.05, 0) is 26.1 Å². The highest BCUT2D eigenvalue weighted by Gasteiger charge is 2.01. The lowest BCUT2D eigenvalue weighted by molar-refractivity contribution is 0.0818. The number of nitrogens with zero attached hydrogens (tertiary/aromatic N) is 1. The van der Waals surface area contributed by atoms with Crippen molar-refractivity contribution < 1.29 is 9.15 Å². The summed E-state index contributed by atoms with van der Waals surface area (Å²) in [5.74, 6) is 2.02. The van der Waals surface area contributed by atoms with Crippen molar-refractivity contribution >= 4 is 0 Å². The molecule has 0 radical (unpaired) electrons. The van der Waals surface area contributed by atoms with Crippen molar-refractivity contribution in [3.05, 3.63) is 23.7 Å². The third-order valence-electron chi connectivity index (χ3n) is 1.89. The van der Waals surface area contributed by atoms with Crippen molar-refractivity contribution in [1.29, 1.82) is 0 Å². The van der Waals surface area contributed by atoms with E-state index in [4.69, 9.17) is 9.15 Å². The molecule has 0 aliphatic carbocycles. The highest BCUT2D eigenvalue weighted by atomic mass is 16.5. The van der Waals surface area contributed by atoms with Gasteiger partial charge in [-0.25, -0.2) is 0 Å². The Morgan fingerprint density at radius 3 is 2.77 bits per heavy atom. The molecule has 0 atom stereocenters. The molecule has 13 heavy (non-hydrogen) atoms. The number of aryl methyl sites for hydroxylation is 1. The van der Waals surface area contributed by atoms with Crippen LogP contribution in [0.1, 0.15) is 11.5 Å². The number of hydrogen-bond donors (Lipinski definition) is 0. The van der Waals surface area contributed by atoms with Crippen molar-refractivity contribution in [1.82, 2.24) is 4.90 Å². The quantitative estimate of drug-likeness (QED) is 0.649. The standard InChI is InChI=1S/C10H17NO2/c1-9-4-5-10(13-9)6-7-11(2)8-12-3/h4-5H,6-8H2,1-3H3. The number of methoxy groups -OCH3 is 1. The molecule has 0 aliphatic rings. The SMILES string of the molecule is COCN(C)CCc1ccc(C)o1. The summed E-state index contributed by atoms with van der Waals surface area (Å²) in [6, 6.07) is 4.02. The molecule has 3 nitrogen and oxygen atoms in total. The number of hydrogen-bond acceptors (Lipinski definition) is 3. The number of rotatable bonds is 5. The predicted molar refractivity (Wildman–Crippen MR) is 51.7 cm³/mol. The van der Waals surface area contributed by atoms with E-state index < -0.39 is 0 Å². The van der Waals surface area contributed by atoms with E-state index >= 15 is 0 Å². The largest absolute Gasteiger partial charge is 0.466 e. The van der Waals surface area contributed by atoms with Crippen LogP contribution in [0.3, 0.4) is 0 Å². The highest BCUT2D eigenvalue weighted by Crippen LogP contribution is 2.06. The molecular weight excluding hydrogens is 166 g/mol. The molecule has 0 unspecified atom stereocenters. The lowest BCUT2D eigenvalue weighted by Crippen LogP contribution is -2.23. The Morgan fingerprint density at radius 2 is 2.23 bits per heavy atom. The van der Waals surface area contributed by atoms with Gasteiger partial charge < -0.3 is 9.15 Å². The van der Waals surface area contributed by atoms with Crippen LogP contribution in [-0.4, -0.2) is 32.3 Å². The summed E-state index contributed by atoms with van der Waals surface area (Å²) in [7, 11) is 3.73. The third-order valence-corrected chi connectivity index (χ3v) is 1.89. The molecule has 74 valence electrons. The second kappa shape index (κ2) is 5.04. The smallest absolute Gasteiger partial charge is 0.105 e. The first-order chi connectivity index (χ1) is 6.22. The Labute approximate surface area is 79.3 Å². The Balaban J connectivity index is 2.26. The summed E-state index contributed by atoms with van der Waals surface area (Å²) in [5, 5.41) is 0. The van der Waals surface area contributed by atoms with Crippen molar-refractivity contribution in [3.8, 4) is 0 Å². The number of likely N-dealkylation sites (N-methyl/N-ethyl adjacent to an activating group) is 1. The van der Waals surface area contributed by atoms with Gasteiger partial charge in [-0.3, -0.25) is 4.90 Å². The van der Waals surface area contributed by atoms with E-state index in [9.17, 15) is 0 Å². The summed E-state index contributed by atoms with van der Waals surface area (Å²) >= 11 is 0. The lowest BCUT2D eigenvalue weighted by Gasteiger charge is -2.13. The number of furan rings is 1. The molecule has 0 bridgehead atoms. The molecule has 1 aromatic rings. The van der Waals surface area contributed by atoms with Crippen molar-refractivity contribution in [2.45, 2.75) is 13.3 Å². The average Bonchev–Trinajstić information content (AvgIpc) is 2.49. The summed E-state index contributed by atoms with van der Waals surface area (Å²) in [6.45, 7) is 3.59. The van der Waals surface area contributed by atoms with Crippen LogP contribution >= 0.6 is 0 Å². The molecule has 0 aliphatic heterocycles. The predicted octanol–water partition coefficient (Wildman–Crippen LogP) is 1.67. The molecule has 1 heterocycles. The number of ether oxygens (including phenoxy) is 1. The van der Waals surface area contributed by atoms with Gasteiger partial charge >= 0.3 is 0 Å². The van der Waals surface area contributed by atoms with E-state index in [1.165, 1.54) is 0 Å². The molecule has 0 N–H and O–H groups in total. The van der Waals surface area contributed by atoms with Gasteiger partial charge in [-0.1, -0.05) is 0 Å². The summed E-state index contributed by atoms with van der Waals surface area (Å²) in [5.41, 5.74) is 0. The maximum atomic E-state index is 5.44. The zero-order chi connectivity index (χ0) is 9.68. The second-order valence-corrected chi connectivity index (χ2v) is 3.26. The summed E-state index contributed by atoms with van der Waals surface area (Å²) in [6.07, 6.45) is 0.938. The van der Waals surface area contributed by atoms with E-state index in [0.717, 1.165) is 24.5 Å². The Hall–Kier alpha value is -0.800. The highest BCUT2D eigenvalue weighted by molar-refractivity contribution is 5.05. The first kappa shape index (κ1) is 10.3. The lowest BCUT2D eigenvalue weighted by atomic mass is 10.3. The van der Waals surface area contributed by atoms with Gasteiger partial charge in [0, 0.05) is 20.1 Å². The van der Waals surface area contributed by atoms with Crippen molar-refractivity contribution in [2.24, 2.45) is 0 Å². The maximum absolute atomic E-state index is 5.44. The van der Waals surface area contributed by atoms with Crippen LogP contribution in [0, 0.1) is 6.92 Å². The van der Waals surface area contributed by atoms with Crippen LogP contribution in [-0.2, 0) is 11.2 Å². The Kier molecular flexibility index (Phi) is 3.99.